The van der Waals surface area contributed by atoms with E-state index in [1.54, 1.807) is 11.3 Å². The van der Waals surface area contributed by atoms with Crippen molar-refractivity contribution in [2.75, 3.05) is 6.61 Å². The van der Waals surface area contributed by atoms with Crippen LogP contribution in [0.15, 0.2) is 0 Å². The van der Waals surface area contributed by atoms with E-state index in [9.17, 15) is 0 Å². The second kappa shape index (κ2) is 5.68. The molecule has 1 fully saturated rings. The van der Waals surface area contributed by atoms with Gasteiger partial charge in [-0.05, 0) is 33.6 Å². The number of aromatic nitrogens is 1. The Labute approximate surface area is 114 Å². The van der Waals surface area contributed by atoms with Crippen LogP contribution >= 0.6 is 11.3 Å². The predicted octanol–water partition coefficient (Wildman–Crippen LogP) is 3.67. The molecule has 18 heavy (non-hydrogen) atoms. The molecule has 0 radical (unpaired) electrons. The lowest BCUT2D eigenvalue weighted by atomic mass is 9.85. The maximum Gasteiger partial charge on any atom is 0.125 e. The number of hydrogen-bond acceptors (Lipinski definition) is 4. The number of nitrogens with two attached hydrogens (primary N) is 1. The molecule has 102 valence electrons. The van der Waals surface area contributed by atoms with Gasteiger partial charge in [-0.15, -0.1) is 11.3 Å². The molecule has 1 atom stereocenters. The highest BCUT2D eigenvalue weighted by Crippen LogP contribution is 2.43. The SMILES string of the molecule is CCOC1(c2nc(C)c(C(C)N)s2)CCCCC1. The van der Waals surface area contributed by atoms with Gasteiger partial charge >= 0.3 is 0 Å². The first-order valence-corrected chi connectivity index (χ1v) is 7.78. The molecule has 0 spiro atoms. The van der Waals surface area contributed by atoms with Gasteiger partial charge in [0.2, 0.25) is 0 Å². The van der Waals surface area contributed by atoms with Crippen molar-refractivity contribution in [3.8, 4) is 0 Å². The standard InChI is InChI=1S/C14H24N2OS/c1-4-17-14(8-6-5-7-9-14)13-16-11(3)12(18-13)10(2)15/h10H,4-9,15H2,1-3H3. The molecular formula is C14H24N2OS. The Balaban J connectivity index is 2.33. The van der Waals surface area contributed by atoms with Crippen LogP contribution in [-0.4, -0.2) is 11.6 Å². The molecule has 0 saturated heterocycles. The van der Waals surface area contributed by atoms with Gasteiger partial charge in [0.05, 0.1) is 5.69 Å². The average Bonchev–Trinajstić information content (AvgIpc) is 2.74. The smallest absolute Gasteiger partial charge is 0.125 e. The molecule has 1 heterocycles. The molecule has 1 aliphatic rings. The summed E-state index contributed by atoms with van der Waals surface area (Å²) >= 11 is 1.75. The van der Waals surface area contributed by atoms with Crippen LogP contribution in [0, 0.1) is 6.92 Å². The zero-order valence-corrected chi connectivity index (χ0v) is 12.5. The number of rotatable bonds is 4. The fourth-order valence-electron chi connectivity index (χ4n) is 2.84. The van der Waals surface area contributed by atoms with Crippen molar-refractivity contribution in [1.29, 1.82) is 0 Å². The van der Waals surface area contributed by atoms with Crippen molar-refractivity contribution in [3.05, 3.63) is 15.6 Å². The van der Waals surface area contributed by atoms with Crippen molar-refractivity contribution < 1.29 is 4.74 Å². The van der Waals surface area contributed by atoms with Crippen LogP contribution in [-0.2, 0) is 10.3 Å². The molecule has 1 aromatic rings. The van der Waals surface area contributed by atoms with Crippen molar-refractivity contribution in [1.82, 2.24) is 4.98 Å². The summed E-state index contributed by atoms with van der Waals surface area (Å²) < 4.78 is 6.11. The fourth-order valence-corrected chi connectivity index (χ4v) is 4.06. The molecule has 1 saturated carbocycles. The molecule has 0 bridgehead atoms. The number of nitrogens with zero attached hydrogens (tertiary/aromatic N) is 1. The molecule has 2 N–H and O–H groups in total. The molecule has 0 amide bonds. The lowest BCUT2D eigenvalue weighted by Gasteiger charge is -2.35. The lowest BCUT2D eigenvalue weighted by molar-refractivity contribution is -0.0705. The minimum absolute atomic E-state index is 0.0681. The molecule has 2 rings (SSSR count). The van der Waals surface area contributed by atoms with E-state index < -0.39 is 0 Å². The third-order valence-electron chi connectivity index (χ3n) is 3.72. The summed E-state index contributed by atoms with van der Waals surface area (Å²) in [6, 6.07) is 0.0681. The topological polar surface area (TPSA) is 48.1 Å². The zero-order chi connectivity index (χ0) is 13.2. The highest BCUT2D eigenvalue weighted by Gasteiger charge is 2.38. The molecule has 0 aliphatic heterocycles. The van der Waals surface area contributed by atoms with Gasteiger partial charge in [0.15, 0.2) is 0 Å². The van der Waals surface area contributed by atoms with Gasteiger partial charge in [0, 0.05) is 17.5 Å². The monoisotopic (exact) mass is 268 g/mol. The Morgan fingerprint density at radius 2 is 2.06 bits per heavy atom. The quantitative estimate of drug-likeness (QED) is 0.906. The first-order valence-electron chi connectivity index (χ1n) is 6.96. The van der Waals surface area contributed by atoms with Crippen molar-refractivity contribution in [2.45, 2.75) is 64.5 Å². The molecule has 4 heteroatoms. The minimum Gasteiger partial charge on any atom is -0.368 e. The first kappa shape index (κ1) is 14.0. The van der Waals surface area contributed by atoms with E-state index in [0.29, 0.717) is 0 Å². The highest BCUT2D eigenvalue weighted by molar-refractivity contribution is 7.12. The normalized spacial score (nSPS) is 20.9. The maximum atomic E-state index is 6.11. The molecule has 3 nitrogen and oxygen atoms in total. The Morgan fingerprint density at radius 1 is 1.39 bits per heavy atom. The summed E-state index contributed by atoms with van der Waals surface area (Å²) in [5.41, 5.74) is 6.95. The third-order valence-corrected chi connectivity index (χ3v) is 5.26. The summed E-state index contributed by atoms with van der Waals surface area (Å²) in [4.78, 5) is 5.96. The summed E-state index contributed by atoms with van der Waals surface area (Å²) in [5, 5.41) is 1.15. The summed E-state index contributed by atoms with van der Waals surface area (Å²) in [6.45, 7) is 6.91. The van der Waals surface area contributed by atoms with Crippen LogP contribution in [0.5, 0.6) is 0 Å². The van der Waals surface area contributed by atoms with Gasteiger partial charge in [-0.25, -0.2) is 4.98 Å². The lowest BCUT2D eigenvalue weighted by Crippen LogP contribution is -2.32. The number of hydrogen-bond donors (Lipinski definition) is 1. The van der Waals surface area contributed by atoms with Gasteiger partial charge in [-0.3, -0.25) is 0 Å². The van der Waals surface area contributed by atoms with Crippen molar-refractivity contribution >= 4 is 11.3 Å². The van der Waals surface area contributed by atoms with Gasteiger partial charge in [-0.1, -0.05) is 19.3 Å². The molecule has 1 unspecified atom stereocenters. The first-order chi connectivity index (χ1) is 8.59. The van der Waals surface area contributed by atoms with Gasteiger partial charge in [-0.2, -0.15) is 0 Å². The minimum atomic E-state index is -0.129. The summed E-state index contributed by atoms with van der Waals surface area (Å²) in [6.07, 6.45) is 6.01. The number of thiazole rings is 1. The van der Waals surface area contributed by atoms with E-state index in [2.05, 4.69) is 13.8 Å². The van der Waals surface area contributed by atoms with Crippen molar-refractivity contribution in [3.63, 3.8) is 0 Å². The van der Waals surface area contributed by atoms with E-state index in [4.69, 9.17) is 15.5 Å². The Kier molecular flexibility index (Phi) is 4.41. The number of ether oxygens (including phenoxy) is 1. The van der Waals surface area contributed by atoms with Gasteiger partial charge < -0.3 is 10.5 Å². The van der Waals surface area contributed by atoms with E-state index >= 15 is 0 Å². The summed E-state index contributed by atoms with van der Waals surface area (Å²) in [5.74, 6) is 0. The zero-order valence-electron chi connectivity index (χ0n) is 11.7. The Morgan fingerprint density at radius 3 is 2.56 bits per heavy atom. The van der Waals surface area contributed by atoms with E-state index in [1.807, 2.05) is 6.92 Å². The summed E-state index contributed by atoms with van der Waals surface area (Å²) in [7, 11) is 0. The Hall–Kier alpha value is -0.450. The van der Waals surface area contributed by atoms with Gasteiger partial charge in [0.25, 0.3) is 0 Å². The van der Waals surface area contributed by atoms with E-state index in [-0.39, 0.29) is 11.6 Å². The van der Waals surface area contributed by atoms with E-state index in [0.717, 1.165) is 30.2 Å². The molecule has 0 aromatic carbocycles. The highest BCUT2D eigenvalue weighted by atomic mass is 32.1. The number of aryl methyl sites for hydroxylation is 1. The van der Waals surface area contributed by atoms with E-state index in [1.165, 1.54) is 24.1 Å². The Bertz CT molecular complexity index is 389. The van der Waals surface area contributed by atoms with Crippen LogP contribution < -0.4 is 5.73 Å². The molecule has 1 aliphatic carbocycles. The van der Waals surface area contributed by atoms with Crippen LogP contribution in [0.25, 0.3) is 0 Å². The molecular weight excluding hydrogens is 244 g/mol. The predicted molar refractivity (Wildman–Crippen MR) is 75.8 cm³/mol. The second-order valence-electron chi connectivity index (χ2n) is 5.25. The van der Waals surface area contributed by atoms with Crippen molar-refractivity contribution in [2.24, 2.45) is 5.73 Å². The van der Waals surface area contributed by atoms with Crippen LogP contribution in [0.4, 0.5) is 0 Å². The average molecular weight is 268 g/mol. The maximum absolute atomic E-state index is 6.11. The van der Waals surface area contributed by atoms with Crippen LogP contribution in [0.2, 0.25) is 0 Å². The van der Waals surface area contributed by atoms with Crippen LogP contribution in [0.1, 0.15) is 67.6 Å². The van der Waals surface area contributed by atoms with Gasteiger partial charge in [0.1, 0.15) is 10.6 Å². The third kappa shape index (κ3) is 2.60. The van der Waals surface area contributed by atoms with Crippen LogP contribution in [0.3, 0.4) is 0 Å². The molecule has 1 aromatic heterocycles. The second-order valence-corrected chi connectivity index (χ2v) is 6.28. The largest absolute Gasteiger partial charge is 0.368 e. The fraction of sp³-hybridized carbons (Fsp3) is 0.786.